The Morgan fingerprint density at radius 3 is 2.66 bits per heavy atom. The predicted octanol–water partition coefficient (Wildman–Crippen LogP) is 3.99. The average molecular weight is 427 g/mol. The number of fused-ring (bicyclic) bond motifs is 1. The monoisotopic (exact) mass is 426 g/mol. The minimum absolute atomic E-state index is 0.0293. The zero-order chi connectivity index (χ0) is 21.2. The first-order valence-corrected chi connectivity index (χ1v) is 11.7. The summed E-state index contributed by atoms with van der Waals surface area (Å²) in [4.78, 5) is 17.6. The average Bonchev–Trinajstić information content (AvgIpc) is 3.04. The molecule has 0 radical (unpaired) electrons. The highest BCUT2D eigenvalue weighted by molar-refractivity contribution is 7.91. The highest BCUT2D eigenvalue weighted by atomic mass is 32.2. The van der Waals surface area contributed by atoms with Crippen molar-refractivity contribution in [1.29, 1.82) is 0 Å². The first-order valence-electron chi connectivity index (χ1n) is 9.25. The number of hydrogen-bond acceptors (Lipinski definition) is 4. The van der Waals surface area contributed by atoms with E-state index >= 15 is 0 Å². The first kappa shape index (κ1) is 21.0. The molecule has 0 atom stereocenters. The molecule has 3 rings (SSSR count). The van der Waals surface area contributed by atoms with Gasteiger partial charge in [0.15, 0.2) is 14.6 Å². The second kappa shape index (κ2) is 8.36. The zero-order valence-corrected chi connectivity index (χ0v) is 18.2. The number of nitrogens with zero attached hydrogens (tertiary/aromatic N) is 2. The molecule has 3 aromatic rings. The van der Waals surface area contributed by atoms with Crippen LogP contribution in [0.4, 0.5) is 0 Å². The van der Waals surface area contributed by atoms with Gasteiger partial charge in [-0.2, -0.15) is 4.99 Å². The Labute approximate surface area is 174 Å². The molecule has 0 aliphatic carbocycles. The van der Waals surface area contributed by atoms with Gasteiger partial charge in [-0.05, 0) is 41.8 Å². The number of carbonyl (C=O) groups excluding carboxylic acids is 1. The van der Waals surface area contributed by atoms with Crippen LogP contribution in [0.5, 0.6) is 0 Å². The maximum atomic E-state index is 12.8. The van der Waals surface area contributed by atoms with Gasteiger partial charge in [-0.25, -0.2) is 8.42 Å². The lowest BCUT2D eigenvalue weighted by Gasteiger charge is -2.05. The van der Waals surface area contributed by atoms with Crippen LogP contribution < -0.4 is 4.80 Å². The van der Waals surface area contributed by atoms with Crippen LogP contribution in [-0.2, 0) is 16.4 Å². The van der Waals surface area contributed by atoms with Gasteiger partial charge in [0.2, 0.25) is 0 Å². The summed E-state index contributed by atoms with van der Waals surface area (Å²) in [5.41, 5.74) is 2.35. The van der Waals surface area contributed by atoms with Crippen molar-refractivity contribution in [3.63, 3.8) is 0 Å². The van der Waals surface area contributed by atoms with E-state index in [1.807, 2.05) is 10.6 Å². The molecular formula is C22H22N2O3S2. The fourth-order valence-electron chi connectivity index (χ4n) is 2.92. The van der Waals surface area contributed by atoms with Crippen LogP contribution in [0.25, 0.3) is 10.2 Å². The third-order valence-corrected chi connectivity index (χ3v) is 7.41. The standard InChI is InChI=1S/C22H22N2O3S2/c1-5-12-24-19-11-10-16(15(3)4)14-20(19)28-22(24)23-21(25)17-8-7-9-18(13-17)29(26,27)6-2/h1,7-11,13-15H,6,12H2,2-4H3. The highest BCUT2D eigenvalue weighted by Crippen LogP contribution is 2.23. The van der Waals surface area contributed by atoms with E-state index in [4.69, 9.17) is 6.42 Å². The summed E-state index contributed by atoms with van der Waals surface area (Å²) >= 11 is 1.39. The summed E-state index contributed by atoms with van der Waals surface area (Å²) in [6, 6.07) is 12.1. The predicted molar refractivity (Wildman–Crippen MR) is 117 cm³/mol. The normalized spacial score (nSPS) is 12.4. The number of aromatic nitrogens is 1. The van der Waals surface area contributed by atoms with Gasteiger partial charge in [0, 0.05) is 5.56 Å². The number of carbonyl (C=O) groups is 1. The highest BCUT2D eigenvalue weighted by Gasteiger charge is 2.15. The lowest BCUT2D eigenvalue weighted by atomic mass is 10.0. The van der Waals surface area contributed by atoms with Crippen LogP contribution in [0.3, 0.4) is 0 Å². The molecule has 0 spiro atoms. The molecule has 7 heteroatoms. The largest absolute Gasteiger partial charge is 0.305 e. The quantitative estimate of drug-likeness (QED) is 0.579. The third kappa shape index (κ3) is 4.34. The Kier molecular flexibility index (Phi) is 6.06. The molecule has 29 heavy (non-hydrogen) atoms. The number of benzene rings is 2. The van der Waals surface area contributed by atoms with E-state index < -0.39 is 15.7 Å². The fraction of sp³-hybridized carbons (Fsp3) is 0.273. The van der Waals surface area contributed by atoms with E-state index in [0.29, 0.717) is 10.7 Å². The lowest BCUT2D eigenvalue weighted by molar-refractivity contribution is 0.0997. The second-order valence-electron chi connectivity index (χ2n) is 6.90. The molecule has 0 fully saturated rings. The molecule has 0 saturated heterocycles. The molecule has 0 unspecified atom stereocenters. The van der Waals surface area contributed by atoms with E-state index in [1.54, 1.807) is 19.1 Å². The van der Waals surface area contributed by atoms with Crippen molar-refractivity contribution in [2.45, 2.75) is 38.1 Å². The Hall–Kier alpha value is -2.69. The van der Waals surface area contributed by atoms with E-state index in [9.17, 15) is 13.2 Å². The van der Waals surface area contributed by atoms with E-state index in [-0.39, 0.29) is 22.8 Å². The first-order chi connectivity index (χ1) is 13.8. The topological polar surface area (TPSA) is 68.5 Å². The number of thiazole rings is 1. The van der Waals surface area contributed by atoms with Gasteiger partial charge in [0.25, 0.3) is 5.91 Å². The smallest absolute Gasteiger partial charge is 0.279 e. The molecule has 0 aliphatic rings. The van der Waals surface area contributed by atoms with Crippen LogP contribution in [-0.4, -0.2) is 24.6 Å². The fourth-order valence-corrected chi connectivity index (χ4v) is 4.92. The van der Waals surface area contributed by atoms with Crippen LogP contribution in [0, 0.1) is 12.3 Å². The van der Waals surface area contributed by atoms with Gasteiger partial charge < -0.3 is 4.57 Å². The molecule has 1 amide bonds. The van der Waals surface area contributed by atoms with E-state index in [0.717, 1.165) is 10.2 Å². The molecule has 0 saturated carbocycles. The van der Waals surface area contributed by atoms with Crippen molar-refractivity contribution >= 4 is 37.3 Å². The number of amides is 1. The van der Waals surface area contributed by atoms with Gasteiger partial charge in [-0.1, -0.05) is 50.2 Å². The SMILES string of the molecule is C#CCn1c(=NC(=O)c2cccc(S(=O)(=O)CC)c2)sc2cc(C(C)C)ccc21. The maximum absolute atomic E-state index is 12.8. The maximum Gasteiger partial charge on any atom is 0.279 e. The molecule has 5 nitrogen and oxygen atoms in total. The Morgan fingerprint density at radius 1 is 1.24 bits per heavy atom. The van der Waals surface area contributed by atoms with Crippen molar-refractivity contribution in [3.05, 3.63) is 58.4 Å². The van der Waals surface area contributed by atoms with Crippen LogP contribution in [0.2, 0.25) is 0 Å². The molecule has 150 valence electrons. The van der Waals surface area contributed by atoms with Crippen molar-refractivity contribution in [2.75, 3.05) is 5.75 Å². The van der Waals surface area contributed by atoms with Crippen molar-refractivity contribution in [1.82, 2.24) is 4.57 Å². The minimum Gasteiger partial charge on any atom is -0.305 e. The van der Waals surface area contributed by atoms with Gasteiger partial charge in [-0.3, -0.25) is 4.79 Å². The summed E-state index contributed by atoms with van der Waals surface area (Å²) in [6.07, 6.45) is 5.52. The van der Waals surface area contributed by atoms with Crippen molar-refractivity contribution < 1.29 is 13.2 Å². The van der Waals surface area contributed by atoms with Crippen LogP contribution >= 0.6 is 11.3 Å². The summed E-state index contributed by atoms with van der Waals surface area (Å²) in [6.45, 7) is 6.10. The lowest BCUT2D eigenvalue weighted by Crippen LogP contribution is -2.16. The van der Waals surface area contributed by atoms with Gasteiger partial charge in [-0.15, -0.1) is 6.42 Å². The Balaban J connectivity index is 2.12. The number of terminal acetylenes is 1. The zero-order valence-electron chi connectivity index (χ0n) is 16.5. The number of sulfone groups is 1. The van der Waals surface area contributed by atoms with Crippen molar-refractivity contribution in [2.24, 2.45) is 4.99 Å². The molecule has 0 aliphatic heterocycles. The minimum atomic E-state index is -3.40. The van der Waals surface area contributed by atoms with Crippen LogP contribution in [0.15, 0.2) is 52.4 Å². The van der Waals surface area contributed by atoms with E-state index in [1.165, 1.54) is 29.0 Å². The third-order valence-electron chi connectivity index (χ3n) is 4.64. The molecule has 1 heterocycles. The Bertz CT molecular complexity index is 1290. The summed E-state index contributed by atoms with van der Waals surface area (Å²) in [7, 11) is -3.40. The van der Waals surface area contributed by atoms with Crippen LogP contribution in [0.1, 0.15) is 42.6 Å². The van der Waals surface area contributed by atoms with Gasteiger partial charge >= 0.3 is 0 Å². The summed E-state index contributed by atoms with van der Waals surface area (Å²) in [5.74, 6) is 2.46. The summed E-state index contributed by atoms with van der Waals surface area (Å²) in [5, 5.41) is 0. The molecule has 0 bridgehead atoms. The molecule has 0 N–H and O–H groups in total. The Morgan fingerprint density at radius 2 is 2.00 bits per heavy atom. The van der Waals surface area contributed by atoms with E-state index in [2.05, 4.69) is 36.9 Å². The molecule has 1 aromatic heterocycles. The van der Waals surface area contributed by atoms with Gasteiger partial charge in [0.1, 0.15) is 0 Å². The van der Waals surface area contributed by atoms with Crippen molar-refractivity contribution in [3.8, 4) is 12.3 Å². The van der Waals surface area contributed by atoms with Gasteiger partial charge in [0.05, 0.1) is 27.4 Å². The molecular weight excluding hydrogens is 404 g/mol. The molecule has 2 aromatic carbocycles. The summed E-state index contributed by atoms with van der Waals surface area (Å²) < 4.78 is 27.1. The number of rotatable bonds is 5. The number of hydrogen-bond donors (Lipinski definition) is 0. The second-order valence-corrected chi connectivity index (χ2v) is 10.2.